The van der Waals surface area contributed by atoms with E-state index in [4.69, 9.17) is 9.26 Å². The molecule has 0 aliphatic heterocycles. The van der Waals surface area contributed by atoms with Crippen molar-refractivity contribution >= 4 is 13.6 Å². The maximum atomic E-state index is 13.0. The second-order valence-electron chi connectivity index (χ2n) is 5.10. The summed E-state index contributed by atoms with van der Waals surface area (Å²) in [6.07, 6.45) is -7.01. The number of carbonyl (C=O) groups is 1. The van der Waals surface area contributed by atoms with Crippen molar-refractivity contribution in [2.24, 2.45) is 0 Å². The third-order valence-electron chi connectivity index (χ3n) is 2.93. The number of benzene rings is 1. The van der Waals surface area contributed by atoms with Crippen LogP contribution >= 0.6 is 7.60 Å². The number of methoxy groups -OCH3 is 1. The van der Waals surface area contributed by atoms with Crippen LogP contribution < -0.4 is 0 Å². The van der Waals surface area contributed by atoms with E-state index in [0.29, 0.717) is 0 Å². The summed E-state index contributed by atoms with van der Waals surface area (Å²) in [5.74, 6) is -1.09. The Morgan fingerprint density at radius 2 is 1.85 bits per heavy atom. The lowest BCUT2D eigenvalue weighted by Crippen LogP contribution is -2.24. The second kappa shape index (κ2) is 10.6. The summed E-state index contributed by atoms with van der Waals surface area (Å²) in [4.78, 5) is 11.2. The summed E-state index contributed by atoms with van der Waals surface area (Å²) in [7, 11) is -3.53. The zero-order valence-electron chi connectivity index (χ0n) is 13.9. The van der Waals surface area contributed by atoms with Crippen LogP contribution in [0, 0.1) is 0 Å². The first-order valence-electron chi connectivity index (χ1n) is 7.40. The maximum Gasteiger partial charge on any atom is 0.412 e. The third kappa shape index (κ3) is 9.28. The molecule has 0 bridgehead atoms. The summed E-state index contributed by atoms with van der Waals surface area (Å²) in [6, 6.07) is 8.72. The van der Waals surface area contributed by atoms with E-state index in [2.05, 4.69) is 9.26 Å². The van der Waals surface area contributed by atoms with Gasteiger partial charge in [-0.3, -0.25) is 13.9 Å². The Morgan fingerprint density at radius 3 is 2.38 bits per heavy atom. The minimum Gasteiger partial charge on any atom is -0.469 e. The number of halogens is 4. The van der Waals surface area contributed by atoms with E-state index >= 15 is 0 Å². The van der Waals surface area contributed by atoms with Crippen molar-refractivity contribution in [1.29, 1.82) is 0 Å². The number of ether oxygens (including phenoxy) is 2. The van der Waals surface area contributed by atoms with Gasteiger partial charge in [-0.05, 0) is 5.56 Å². The minimum atomic E-state index is -4.78. The first-order chi connectivity index (χ1) is 12.2. The van der Waals surface area contributed by atoms with E-state index in [1.165, 1.54) is 0 Å². The molecule has 0 radical (unpaired) electrons. The van der Waals surface area contributed by atoms with Crippen LogP contribution in [0.5, 0.6) is 0 Å². The molecular formula is C15H19F4O6P. The van der Waals surface area contributed by atoms with Crippen molar-refractivity contribution < 1.29 is 45.4 Å². The third-order valence-corrected chi connectivity index (χ3v) is 4.64. The molecule has 26 heavy (non-hydrogen) atoms. The van der Waals surface area contributed by atoms with Crippen LogP contribution in [0.25, 0.3) is 0 Å². The number of hydrogen-bond donors (Lipinski definition) is 0. The molecule has 11 heteroatoms. The Morgan fingerprint density at radius 1 is 1.19 bits per heavy atom. The highest BCUT2D eigenvalue weighted by atomic mass is 31.2. The zero-order valence-corrected chi connectivity index (χ0v) is 14.8. The van der Waals surface area contributed by atoms with Crippen molar-refractivity contribution in [3.63, 3.8) is 0 Å². The molecule has 0 aliphatic carbocycles. The van der Waals surface area contributed by atoms with Gasteiger partial charge < -0.3 is 14.0 Å². The number of alkyl halides is 4. The van der Waals surface area contributed by atoms with Crippen LogP contribution in [0.4, 0.5) is 17.6 Å². The van der Waals surface area contributed by atoms with Crippen LogP contribution in [0.2, 0.25) is 0 Å². The molecule has 148 valence electrons. The Bertz CT molecular complexity index is 596. The topological polar surface area (TPSA) is 71.1 Å². The quantitative estimate of drug-likeness (QED) is 0.321. The van der Waals surface area contributed by atoms with Gasteiger partial charge in [-0.1, -0.05) is 30.3 Å². The lowest BCUT2D eigenvalue weighted by atomic mass is 10.2. The van der Waals surface area contributed by atoms with Gasteiger partial charge in [0.2, 0.25) is 0 Å². The van der Waals surface area contributed by atoms with Crippen LogP contribution in [0.3, 0.4) is 0 Å². The fraction of sp³-hybridized carbons (Fsp3) is 0.533. The molecule has 1 unspecified atom stereocenters. The largest absolute Gasteiger partial charge is 0.469 e. The number of esters is 1. The fourth-order valence-corrected chi connectivity index (χ4v) is 3.08. The van der Waals surface area contributed by atoms with Crippen LogP contribution in [-0.2, 0) is 34.5 Å². The lowest BCUT2D eigenvalue weighted by molar-refractivity contribution is -0.156. The van der Waals surface area contributed by atoms with Crippen molar-refractivity contribution in [2.75, 3.05) is 33.2 Å². The normalized spacial score (nSPS) is 15.3. The molecule has 0 aromatic heterocycles. The van der Waals surface area contributed by atoms with Gasteiger partial charge in [-0.2, -0.15) is 13.2 Å². The molecule has 2 atom stereocenters. The van der Waals surface area contributed by atoms with Crippen LogP contribution in [0.15, 0.2) is 30.3 Å². The molecular weight excluding hydrogens is 383 g/mol. The van der Waals surface area contributed by atoms with Crippen molar-refractivity contribution in [1.82, 2.24) is 0 Å². The molecule has 1 rings (SSSR count). The van der Waals surface area contributed by atoms with Crippen LogP contribution in [0.1, 0.15) is 5.56 Å². The first-order valence-corrected chi connectivity index (χ1v) is 9.13. The fourth-order valence-electron chi connectivity index (χ4n) is 1.64. The Balaban J connectivity index is 2.63. The van der Waals surface area contributed by atoms with Gasteiger partial charge in [0, 0.05) is 0 Å². The first kappa shape index (κ1) is 22.6. The highest BCUT2D eigenvalue weighted by Gasteiger charge is 2.37. The van der Waals surface area contributed by atoms with E-state index in [0.717, 1.165) is 12.7 Å². The Kier molecular flexibility index (Phi) is 9.21. The molecule has 0 fully saturated rings. The van der Waals surface area contributed by atoms with E-state index in [-0.39, 0.29) is 6.61 Å². The van der Waals surface area contributed by atoms with Gasteiger partial charge >= 0.3 is 19.7 Å². The van der Waals surface area contributed by atoms with Gasteiger partial charge in [-0.25, -0.2) is 4.39 Å². The molecule has 6 nitrogen and oxygen atoms in total. The van der Waals surface area contributed by atoms with E-state index in [1.54, 1.807) is 30.3 Å². The van der Waals surface area contributed by atoms with Crippen molar-refractivity contribution in [3.05, 3.63) is 35.9 Å². The molecule has 0 N–H and O–H groups in total. The smallest absolute Gasteiger partial charge is 0.412 e. The zero-order chi connectivity index (χ0) is 19.6. The number of carbonyl (C=O) groups excluding carboxylic acids is 1. The van der Waals surface area contributed by atoms with Crippen molar-refractivity contribution in [2.45, 2.75) is 18.9 Å². The summed E-state index contributed by atoms with van der Waals surface area (Å²) in [5, 5.41) is 0. The highest BCUT2D eigenvalue weighted by Crippen LogP contribution is 2.49. The van der Waals surface area contributed by atoms with Gasteiger partial charge in [-0.15, -0.1) is 0 Å². The Hall–Kier alpha value is -1.48. The monoisotopic (exact) mass is 402 g/mol. The predicted molar refractivity (Wildman–Crippen MR) is 83.4 cm³/mol. The van der Waals surface area contributed by atoms with E-state index in [1.807, 2.05) is 0 Å². The molecule has 1 aromatic rings. The maximum absolute atomic E-state index is 13.0. The average Bonchev–Trinajstić information content (AvgIpc) is 2.60. The van der Waals surface area contributed by atoms with Gasteiger partial charge in [0.05, 0.1) is 20.3 Å². The molecule has 1 aromatic carbocycles. The summed E-state index contributed by atoms with van der Waals surface area (Å²) in [5.41, 5.74) is 0.733. The van der Waals surface area contributed by atoms with Gasteiger partial charge in [0.15, 0.2) is 6.61 Å². The SMILES string of the molecule is COC(=O)CP(=O)(OC[C@@H](CF)OCc1ccccc1)OCC(F)(F)F. The summed E-state index contributed by atoms with van der Waals surface area (Å²) in [6.45, 7) is -3.56. The van der Waals surface area contributed by atoms with Crippen molar-refractivity contribution in [3.8, 4) is 0 Å². The van der Waals surface area contributed by atoms with Crippen LogP contribution in [-0.4, -0.2) is 51.4 Å². The molecule has 0 saturated carbocycles. The molecule has 0 spiro atoms. The van der Waals surface area contributed by atoms with Gasteiger partial charge in [0.1, 0.15) is 18.9 Å². The Labute approximate surface area is 147 Å². The van der Waals surface area contributed by atoms with E-state index < -0.39 is 51.9 Å². The molecule has 0 aliphatic rings. The lowest BCUT2D eigenvalue weighted by Gasteiger charge is -2.21. The average molecular weight is 402 g/mol. The second-order valence-corrected chi connectivity index (χ2v) is 7.16. The summed E-state index contributed by atoms with van der Waals surface area (Å²) < 4.78 is 80.7. The number of rotatable bonds is 11. The van der Waals surface area contributed by atoms with Gasteiger partial charge in [0.25, 0.3) is 0 Å². The van der Waals surface area contributed by atoms with E-state index in [9.17, 15) is 26.9 Å². The summed E-state index contributed by atoms with van der Waals surface area (Å²) >= 11 is 0. The molecule has 0 heterocycles. The predicted octanol–water partition coefficient (Wildman–Crippen LogP) is 3.50. The highest BCUT2D eigenvalue weighted by molar-refractivity contribution is 7.54. The minimum absolute atomic E-state index is 0.0174. The molecule has 0 amide bonds. The molecule has 0 saturated heterocycles. The standard InChI is InChI=1S/C15H19F4O6P/c1-22-14(20)10-26(21,25-11-15(17,18)19)24-9-13(7-16)23-8-12-5-3-2-4-6-12/h2-6,13H,7-11H2,1H3/t13-,26?/m1/s1. The number of hydrogen-bond acceptors (Lipinski definition) is 6.